The van der Waals surface area contributed by atoms with E-state index in [0.29, 0.717) is 32.7 Å². The maximum absolute atomic E-state index is 7.17. The van der Waals surface area contributed by atoms with Gasteiger partial charge < -0.3 is 24.3 Å². The standard InChI is InChI=1S/C55H57Cl4N9OS3/c1-53(2,3)72-64-50-35-10-7-6-9-34(35)31-55(50)23-29-68(30-24-55)46-20-26-61-52-42(16-18-44(63-46)66(52)5)71-40-14-13-36(47(57)49(40)59)38-32-54(33-69-38)21-27-67(28-22-54)45-19-25-60-51-41(15-17-43(62-45)65(51)4)70-39-12-8-11-37(56)48(39)58/h6-20,25-26,38,50,64H,21-24,27-33H2,1-5H3/t38-,50?/m1/s1. The number of hydrogen-bond donors (Lipinski definition) is 1. The van der Waals surface area contributed by atoms with E-state index in [0.717, 1.165) is 125 Å². The van der Waals surface area contributed by atoms with Crippen molar-refractivity contribution in [1.29, 1.82) is 0 Å². The first-order chi connectivity index (χ1) is 34.7. The number of thioether (sulfide) groups is 2. The quantitative estimate of drug-likeness (QED) is 0.211. The highest BCUT2D eigenvalue weighted by Gasteiger charge is 2.48. The van der Waals surface area contributed by atoms with Gasteiger partial charge in [0.2, 0.25) is 0 Å². The number of likely N-dealkylation sites (tertiary alicyclic amines) is 2. The van der Waals surface area contributed by atoms with Gasteiger partial charge in [-0.15, -0.1) is 0 Å². The van der Waals surface area contributed by atoms with Crippen LogP contribution in [0.3, 0.4) is 0 Å². The fraction of sp³-hybridized carbons (Fsp3) is 0.382. The molecule has 11 rings (SSSR count). The summed E-state index contributed by atoms with van der Waals surface area (Å²) >= 11 is 32.1. The Bertz CT molecular complexity index is 3010. The van der Waals surface area contributed by atoms with Gasteiger partial charge in [-0.1, -0.05) is 118 Å². The van der Waals surface area contributed by atoms with Crippen molar-refractivity contribution in [2.45, 2.75) is 86.0 Å². The summed E-state index contributed by atoms with van der Waals surface area (Å²) in [5.41, 5.74) is 4.09. The molecule has 1 unspecified atom stereocenters. The number of likely N-dealkylation sites (N-methyl/N-ethyl adjacent to an activating group) is 2. The zero-order valence-corrected chi connectivity index (χ0v) is 46.4. The lowest BCUT2D eigenvalue weighted by Crippen LogP contribution is -2.45. The van der Waals surface area contributed by atoms with Gasteiger partial charge >= 0.3 is 0 Å². The van der Waals surface area contributed by atoms with Crippen molar-refractivity contribution in [2.24, 2.45) is 30.8 Å². The number of rotatable bonds is 9. The Balaban J connectivity index is 0.722. The lowest BCUT2D eigenvalue weighted by atomic mass is 9.73. The molecule has 8 aliphatic rings. The van der Waals surface area contributed by atoms with E-state index >= 15 is 0 Å². The van der Waals surface area contributed by atoms with Crippen LogP contribution in [-0.2, 0) is 11.2 Å². The van der Waals surface area contributed by atoms with E-state index in [-0.39, 0.29) is 21.7 Å². The average Bonchev–Trinajstić information content (AvgIpc) is 3.91. The number of benzene rings is 3. The minimum Gasteiger partial charge on any atom is -0.373 e. The van der Waals surface area contributed by atoms with Crippen molar-refractivity contribution < 1.29 is 4.74 Å². The summed E-state index contributed by atoms with van der Waals surface area (Å²) in [6, 6.07) is 19.2. The molecule has 3 saturated heterocycles. The summed E-state index contributed by atoms with van der Waals surface area (Å²) in [5.74, 6) is 5.14. The average molecular weight is 1100 g/mol. The Hall–Kier alpha value is -3.89. The van der Waals surface area contributed by atoms with E-state index in [4.69, 9.17) is 71.1 Å². The molecule has 374 valence electrons. The van der Waals surface area contributed by atoms with E-state index in [1.54, 1.807) is 17.8 Å². The number of amidine groups is 2. The van der Waals surface area contributed by atoms with Crippen LogP contribution in [0, 0.1) is 10.8 Å². The second kappa shape index (κ2) is 20.3. The second-order valence-electron chi connectivity index (χ2n) is 20.7. The van der Waals surface area contributed by atoms with Crippen molar-refractivity contribution in [3.63, 3.8) is 0 Å². The third-order valence-corrected chi connectivity index (χ3v) is 20.2. The predicted molar refractivity (Wildman–Crippen MR) is 304 cm³/mol. The van der Waals surface area contributed by atoms with Crippen molar-refractivity contribution >= 4 is 106 Å². The number of hydrogen-bond acceptors (Lipinski definition) is 13. The lowest BCUT2D eigenvalue weighted by Gasteiger charge is -2.44. The Morgan fingerprint density at radius 2 is 1.26 bits per heavy atom. The molecule has 0 saturated carbocycles. The van der Waals surface area contributed by atoms with Crippen LogP contribution in [-0.4, -0.2) is 95.3 Å². The minimum atomic E-state index is -0.142. The lowest BCUT2D eigenvalue weighted by molar-refractivity contribution is 0.0724. The van der Waals surface area contributed by atoms with Gasteiger partial charge in [0.25, 0.3) is 0 Å². The summed E-state index contributed by atoms with van der Waals surface area (Å²) in [5, 5.41) is 2.13. The van der Waals surface area contributed by atoms with E-state index in [9.17, 15) is 0 Å². The predicted octanol–water partition coefficient (Wildman–Crippen LogP) is 14.1. The summed E-state index contributed by atoms with van der Waals surface area (Å²) in [6.07, 6.45) is 22.0. The first-order valence-corrected chi connectivity index (χ1v) is 28.5. The number of aliphatic imine (C=N–C) groups is 4. The highest BCUT2D eigenvalue weighted by molar-refractivity contribution is 8.03. The Labute approximate surface area is 456 Å². The highest BCUT2D eigenvalue weighted by Crippen LogP contribution is 2.54. The first kappa shape index (κ1) is 50.3. The van der Waals surface area contributed by atoms with Gasteiger partial charge in [0.1, 0.15) is 35.0 Å². The summed E-state index contributed by atoms with van der Waals surface area (Å²) < 4.78 is 10.6. The SMILES string of the molecule is CN1C2=NC(N3CCC4(CC3)CO[C@@H](c3ccc(SC5=C6N=CC=C(N7CCC8(CC7)Cc7ccccc7C8NSC(C)(C)C)N=C(C=C5)N6C)c(Cl)c3Cl)C4)=CC=NC1=C(Sc1cccc(Cl)c1Cl)C=C2. The Kier molecular flexibility index (Phi) is 14.2. The largest absolute Gasteiger partial charge is 0.373 e. The molecule has 0 radical (unpaired) electrons. The van der Waals surface area contributed by atoms with Crippen molar-refractivity contribution in [3.05, 3.63) is 161 Å². The van der Waals surface area contributed by atoms with Crippen molar-refractivity contribution in [2.75, 3.05) is 46.9 Å². The van der Waals surface area contributed by atoms with Crippen LogP contribution < -0.4 is 4.72 Å². The zero-order chi connectivity index (χ0) is 49.9. The van der Waals surface area contributed by atoms with Crippen LogP contribution in [0.15, 0.2) is 154 Å². The normalized spacial score (nSPS) is 23.3. The van der Waals surface area contributed by atoms with E-state index in [1.165, 1.54) is 22.9 Å². The van der Waals surface area contributed by atoms with Gasteiger partial charge in [0.15, 0.2) is 0 Å². The molecule has 3 aromatic carbocycles. The van der Waals surface area contributed by atoms with E-state index in [1.807, 2.05) is 73.7 Å². The van der Waals surface area contributed by atoms with Crippen molar-refractivity contribution in [3.8, 4) is 0 Å². The van der Waals surface area contributed by atoms with Crippen LogP contribution in [0.5, 0.6) is 0 Å². The number of allylic oxidation sites excluding steroid dienone is 4. The van der Waals surface area contributed by atoms with E-state index in [2.05, 4.69) is 94.8 Å². The molecule has 0 amide bonds. The fourth-order valence-electron chi connectivity index (χ4n) is 11.0. The molecular formula is C55H57Cl4N9OS3. The maximum Gasteiger partial charge on any atom is 0.147 e. The monoisotopic (exact) mass is 1100 g/mol. The maximum atomic E-state index is 7.17. The van der Waals surface area contributed by atoms with Gasteiger partial charge in [-0.2, -0.15) is 0 Å². The Morgan fingerprint density at radius 1 is 0.667 bits per heavy atom. The van der Waals surface area contributed by atoms with Gasteiger partial charge in [0, 0.05) is 78.8 Å². The van der Waals surface area contributed by atoms with Crippen LogP contribution in [0.1, 0.15) is 81.7 Å². The minimum absolute atomic E-state index is 0.0388. The van der Waals surface area contributed by atoms with Crippen molar-refractivity contribution in [1.82, 2.24) is 24.3 Å². The van der Waals surface area contributed by atoms with Crippen LogP contribution in [0.25, 0.3) is 0 Å². The second-order valence-corrected chi connectivity index (χ2v) is 26.1. The fourth-order valence-corrected chi connectivity index (χ4v) is 14.9. The molecule has 17 heteroatoms. The molecule has 3 aromatic rings. The third-order valence-electron chi connectivity index (χ3n) is 15.1. The summed E-state index contributed by atoms with van der Waals surface area (Å²) in [6.45, 7) is 11.1. The number of ether oxygens (including phenoxy) is 1. The number of halogens is 4. The van der Waals surface area contributed by atoms with Gasteiger partial charge in [-0.05, 0) is 136 Å². The molecule has 1 N–H and O–H groups in total. The molecule has 72 heavy (non-hydrogen) atoms. The van der Waals surface area contributed by atoms with Crippen LogP contribution in [0.2, 0.25) is 20.1 Å². The first-order valence-electron chi connectivity index (χ1n) is 24.6. The zero-order valence-electron chi connectivity index (χ0n) is 41.0. The Morgan fingerprint density at radius 3 is 1.89 bits per heavy atom. The molecule has 3 fully saturated rings. The highest BCUT2D eigenvalue weighted by atomic mass is 35.5. The van der Waals surface area contributed by atoms with E-state index < -0.39 is 0 Å². The number of fused-ring (bicyclic) bond motifs is 5. The molecule has 2 spiro atoms. The molecular weight excluding hydrogens is 1040 g/mol. The summed E-state index contributed by atoms with van der Waals surface area (Å²) in [4.78, 5) is 32.8. The van der Waals surface area contributed by atoms with Crippen LogP contribution in [0.4, 0.5) is 0 Å². The number of nitrogens with zero attached hydrogens (tertiary/aromatic N) is 8. The smallest absolute Gasteiger partial charge is 0.147 e. The topological polar surface area (TPSA) is 83.7 Å². The third kappa shape index (κ3) is 9.92. The van der Waals surface area contributed by atoms with Gasteiger partial charge in [-0.25, -0.2) is 20.0 Å². The van der Waals surface area contributed by atoms with Gasteiger partial charge in [-0.3, -0.25) is 4.72 Å². The molecule has 7 aliphatic heterocycles. The number of nitrogens with one attached hydrogen (secondary N) is 1. The summed E-state index contributed by atoms with van der Waals surface area (Å²) in [7, 11) is 4.03. The molecule has 2 atom stereocenters. The van der Waals surface area contributed by atoms with Crippen LogP contribution >= 0.6 is 81.9 Å². The molecule has 1 aliphatic carbocycles. The molecule has 0 aromatic heterocycles. The molecule has 7 heterocycles. The van der Waals surface area contributed by atoms with Gasteiger partial charge in [0.05, 0.1) is 42.6 Å². The molecule has 10 nitrogen and oxygen atoms in total. The molecule has 4 bridgehead atoms. The number of piperidine rings is 2.